The molecule has 7 heteroatoms. The number of aryl methyl sites for hydroxylation is 2. The third-order valence-corrected chi connectivity index (χ3v) is 6.18. The fraction of sp³-hybridized carbons (Fsp3) is 0.174. The topological polar surface area (TPSA) is 59.7 Å². The monoisotopic (exact) mass is 416 g/mol. The molecule has 0 saturated carbocycles. The Balaban J connectivity index is 1.54. The maximum absolute atomic E-state index is 12.2. The first kappa shape index (κ1) is 18.6. The molecule has 0 spiro atoms. The number of hydrogen-bond acceptors (Lipinski definition) is 5. The van der Waals surface area contributed by atoms with Crippen molar-refractivity contribution >= 4 is 33.4 Å². The van der Waals surface area contributed by atoms with Crippen LogP contribution < -0.4 is 0 Å². The van der Waals surface area contributed by atoms with Crippen molar-refractivity contribution in [2.75, 3.05) is 0 Å². The average Bonchev–Trinajstić information content (AvgIpc) is 3.44. The van der Waals surface area contributed by atoms with Crippen molar-refractivity contribution in [2.24, 2.45) is 5.10 Å². The van der Waals surface area contributed by atoms with Crippen LogP contribution in [-0.2, 0) is 9.53 Å². The smallest absolute Gasteiger partial charge is 0.251 e. The molecule has 6 nitrogen and oxygen atoms in total. The molecule has 3 heterocycles. The van der Waals surface area contributed by atoms with Gasteiger partial charge in [-0.05, 0) is 32.0 Å². The molecule has 4 aromatic rings. The van der Waals surface area contributed by atoms with Gasteiger partial charge < -0.3 is 4.74 Å². The third-order valence-electron chi connectivity index (χ3n) is 5.09. The van der Waals surface area contributed by atoms with E-state index in [1.807, 2.05) is 79.2 Å². The molecule has 0 radical (unpaired) electrons. The number of amides is 1. The third kappa shape index (κ3) is 3.07. The molecule has 0 fully saturated rings. The summed E-state index contributed by atoms with van der Waals surface area (Å²) in [5.74, 6) is 0.291. The second-order valence-corrected chi connectivity index (χ2v) is 8.34. The van der Waals surface area contributed by atoms with E-state index in [0.29, 0.717) is 5.90 Å². The van der Waals surface area contributed by atoms with Crippen molar-refractivity contribution in [3.05, 3.63) is 82.4 Å². The van der Waals surface area contributed by atoms with Gasteiger partial charge in [0.25, 0.3) is 5.90 Å². The van der Waals surface area contributed by atoms with Gasteiger partial charge in [0, 0.05) is 17.9 Å². The van der Waals surface area contributed by atoms with Crippen molar-refractivity contribution < 1.29 is 9.53 Å². The summed E-state index contributed by atoms with van der Waals surface area (Å²) < 4.78 is 8.11. The Morgan fingerprint density at radius 3 is 2.50 bits per heavy atom. The number of aromatic nitrogens is 2. The molecule has 1 amide bonds. The number of hydrazone groups is 1. The van der Waals surface area contributed by atoms with E-state index in [2.05, 4.69) is 10.2 Å². The highest BCUT2D eigenvalue weighted by molar-refractivity contribution is 7.20. The summed E-state index contributed by atoms with van der Waals surface area (Å²) in [6.07, 6.45) is -0.560. The Morgan fingerprint density at radius 2 is 1.80 bits per heavy atom. The zero-order chi connectivity index (χ0) is 20.8. The van der Waals surface area contributed by atoms with E-state index in [9.17, 15) is 4.79 Å². The van der Waals surface area contributed by atoms with Crippen LogP contribution in [0.1, 0.15) is 34.8 Å². The van der Waals surface area contributed by atoms with E-state index < -0.39 is 6.23 Å². The SMILES string of the molecule is CC(=O)N1N=C(c2cc3c(C)nn(-c4ccccc4)c3s2)OC1c1ccc(C)cc1. The summed E-state index contributed by atoms with van der Waals surface area (Å²) in [5, 5.41) is 11.6. The molecule has 5 rings (SSSR count). The van der Waals surface area contributed by atoms with Crippen LogP contribution in [0, 0.1) is 13.8 Å². The van der Waals surface area contributed by atoms with Gasteiger partial charge in [-0.3, -0.25) is 4.79 Å². The highest BCUT2D eigenvalue weighted by Crippen LogP contribution is 2.36. The van der Waals surface area contributed by atoms with Crippen LogP contribution in [0.3, 0.4) is 0 Å². The van der Waals surface area contributed by atoms with Crippen molar-refractivity contribution in [3.8, 4) is 5.69 Å². The predicted molar refractivity (Wildman–Crippen MR) is 118 cm³/mol. The first-order chi connectivity index (χ1) is 14.5. The Bertz CT molecular complexity index is 1270. The van der Waals surface area contributed by atoms with Crippen molar-refractivity contribution in [3.63, 3.8) is 0 Å². The molecular weight excluding hydrogens is 396 g/mol. The van der Waals surface area contributed by atoms with Crippen LogP contribution in [0.25, 0.3) is 15.9 Å². The zero-order valence-electron chi connectivity index (χ0n) is 16.9. The molecular formula is C23H20N4O2S. The highest BCUT2D eigenvalue weighted by atomic mass is 32.1. The van der Waals surface area contributed by atoms with Crippen LogP contribution in [0.5, 0.6) is 0 Å². The summed E-state index contributed by atoms with van der Waals surface area (Å²) in [4.78, 5) is 14.1. The Morgan fingerprint density at radius 1 is 1.07 bits per heavy atom. The summed E-state index contributed by atoms with van der Waals surface area (Å²) in [5.41, 5.74) is 3.98. The average molecular weight is 417 g/mol. The van der Waals surface area contributed by atoms with E-state index in [1.165, 1.54) is 11.9 Å². The van der Waals surface area contributed by atoms with Gasteiger partial charge in [-0.25, -0.2) is 4.68 Å². The van der Waals surface area contributed by atoms with Crippen LogP contribution in [0.4, 0.5) is 0 Å². The molecule has 150 valence electrons. The van der Waals surface area contributed by atoms with Crippen molar-refractivity contribution in [1.29, 1.82) is 0 Å². The molecule has 2 aromatic carbocycles. The van der Waals surface area contributed by atoms with E-state index >= 15 is 0 Å². The van der Waals surface area contributed by atoms with Gasteiger partial charge in [0.1, 0.15) is 4.83 Å². The molecule has 0 N–H and O–H groups in total. The fourth-order valence-corrected chi connectivity index (χ4v) is 4.62. The maximum Gasteiger partial charge on any atom is 0.251 e. The minimum absolute atomic E-state index is 0.164. The maximum atomic E-state index is 12.2. The summed E-state index contributed by atoms with van der Waals surface area (Å²) in [6, 6.07) is 20.0. The van der Waals surface area contributed by atoms with Crippen LogP contribution in [-0.4, -0.2) is 26.6 Å². The number of carbonyl (C=O) groups excluding carboxylic acids is 1. The van der Waals surface area contributed by atoms with Gasteiger partial charge in [-0.2, -0.15) is 10.1 Å². The molecule has 2 aromatic heterocycles. The summed E-state index contributed by atoms with van der Waals surface area (Å²) >= 11 is 1.56. The number of thiophene rings is 1. The van der Waals surface area contributed by atoms with E-state index in [-0.39, 0.29) is 5.91 Å². The lowest BCUT2D eigenvalue weighted by atomic mass is 10.1. The van der Waals surface area contributed by atoms with Crippen molar-refractivity contribution in [1.82, 2.24) is 14.8 Å². The zero-order valence-corrected chi connectivity index (χ0v) is 17.7. The normalized spacial score (nSPS) is 16.0. The Hall–Kier alpha value is -3.45. The largest absolute Gasteiger partial charge is 0.445 e. The van der Waals surface area contributed by atoms with Crippen LogP contribution in [0.15, 0.2) is 65.8 Å². The standard InChI is InChI=1S/C23H20N4O2S/c1-14-9-11-17(12-10-14)22-26(16(3)28)25-21(29-22)20-13-19-15(2)24-27(23(19)30-20)18-7-5-4-6-8-18/h4-13,22H,1-3H3. The second-order valence-electron chi connectivity index (χ2n) is 7.31. The van der Waals surface area contributed by atoms with E-state index in [0.717, 1.165) is 37.6 Å². The number of benzene rings is 2. The predicted octanol–water partition coefficient (Wildman–Crippen LogP) is 4.94. The number of rotatable bonds is 3. The lowest BCUT2D eigenvalue weighted by Crippen LogP contribution is -2.25. The molecule has 0 saturated heterocycles. The minimum atomic E-state index is -0.560. The lowest BCUT2D eigenvalue weighted by Gasteiger charge is -2.19. The second kappa shape index (κ2) is 7.11. The fourth-order valence-electron chi connectivity index (χ4n) is 3.51. The molecule has 0 bridgehead atoms. The van der Waals surface area contributed by atoms with Crippen LogP contribution in [0.2, 0.25) is 0 Å². The summed E-state index contributed by atoms with van der Waals surface area (Å²) in [6.45, 7) is 5.52. The van der Waals surface area contributed by atoms with Gasteiger partial charge >= 0.3 is 0 Å². The number of fused-ring (bicyclic) bond motifs is 1. The minimum Gasteiger partial charge on any atom is -0.445 e. The summed E-state index contributed by atoms with van der Waals surface area (Å²) in [7, 11) is 0. The molecule has 1 atom stereocenters. The van der Waals surface area contributed by atoms with Gasteiger partial charge in [0.15, 0.2) is 0 Å². The van der Waals surface area contributed by atoms with E-state index in [4.69, 9.17) is 4.74 Å². The van der Waals surface area contributed by atoms with E-state index in [1.54, 1.807) is 11.3 Å². The molecule has 30 heavy (non-hydrogen) atoms. The van der Waals surface area contributed by atoms with Gasteiger partial charge in [-0.15, -0.1) is 16.4 Å². The van der Waals surface area contributed by atoms with Crippen molar-refractivity contribution in [2.45, 2.75) is 27.0 Å². The number of hydrogen-bond donors (Lipinski definition) is 0. The molecule has 1 aliphatic rings. The van der Waals surface area contributed by atoms with Gasteiger partial charge in [0.2, 0.25) is 12.1 Å². The van der Waals surface area contributed by atoms with Crippen LogP contribution >= 0.6 is 11.3 Å². The first-order valence-electron chi connectivity index (χ1n) is 9.68. The molecule has 0 aliphatic carbocycles. The molecule has 1 unspecified atom stereocenters. The molecule has 1 aliphatic heterocycles. The quantitative estimate of drug-likeness (QED) is 0.475. The first-order valence-corrected chi connectivity index (χ1v) is 10.5. The Kier molecular flexibility index (Phi) is 4.40. The van der Waals surface area contributed by atoms with Gasteiger partial charge in [-0.1, -0.05) is 48.0 Å². The number of nitrogens with zero attached hydrogens (tertiary/aromatic N) is 4. The Labute approximate surface area is 178 Å². The number of para-hydroxylation sites is 1. The highest BCUT2D eigenvalue weighted by Gasteiger charge is 2.34. The lowest BCUT2D eigenvalue weighted by molar-refractivity contribution is -0.135. The number of carbonyl (C=O) groups is 1. The van der Waals surface area contributed by atoms with Gasteiger partial charge in [0.05, 0.1) is 16.3 Å². The number of ether oxygens (including phenoxy) is 1.